The molecule has 0 amide bonds. The van der Waals surface area contributed by atoms with Gasteiger partial charge in [-0.15, -0.1) is 0 Å². The van der Waals surface area contributed by atoms with Gasteiger partial charge in [-0.25, -0.2) is 4.98 Å². The van der Waals surface area contributed by atoms with Crippen LogP contribution >= 0.6 is 23.2 Å². The molecule has 2 heterocycles. The molecule has 1 fully saturated rings. The molecule has 3 rings (SSSR count). The molecule has 0 aliphatic carbocycles. The number of nitrogen functional groups attached to an aromatic ring is 1. The number of halogens is 2. The molecule has 20 heavy (non-hydrogen) atoms. The Morgan fingerprint density at radius 2 is 2.00 bits per heavy atom. The van der Waals surface area contributed by atoms with Gasteiger partial charge in [0.2, 0.25) is 5.95 Å². The number of rotatable bonds is 1. The molecule has 0 saturated carbocycles. The number of imidazole rings is 1. The lowest BCUT2D eigenvalue weighted by molar-refractivity contribution is 0.159. The number of likely N-dealkylation sites (tertiary alicyclic amines) is 1. The number of fused-ring (bicyclic) bond motifs is 1. The SMILES string of the molecule is CC1CC(n2c(N)nc3cc(Cl)c(Cl)cc32)CCN1C. The number of anilines is 1. The smallest absolute Gasteiger partial charge is 0.201 e. The van der Waals surface area contributed by atoms with Gasteiger partial charge in [-0.2, -0.15) is 0 Å². The van der Waals surface area contributed by atoms with Crippen molar-refractivity contribution in [2.45, 2.75) is 31.8 Å². The summed E-state index contributed by atoms with van der Waals surface area (Å²) in [5.74, 6) is 0.542. The molecular weight excluding hydrogens is 295 g/mol. The quantitative estimate of drug-likeness (QED) is 0.875. The van der Waals surface area contributed by atoms with Gasteiger partial charge < -0.3 is 15.2 Å². The van der Waals surface area contributed by atoms with Crippen molar-refractivity contribution in [3.05, 3.63) is 22.2 Å². The van der Waals surface area contributed by atoms with Gasteiger partial charge in [0.15, 0.2) is 0 Å². The third-order valence-electron chi connectivity index (χ3n) is 4.30. The fourth-order valence-electron chi connectivity index (χ4n) is 2.99. The molecule has 2 unspecified atom stereocenters. The summed E-state index contributed by atoms with van der Waals surface area (Å²) in [5, 5.41) is 1.06. The Labute approximate surface area is 128 Å². The zero-order chi connectivity index (χ0) is 14.4. The molecule has 1 aromatic carbocycles. The van der Waals surface area contributed by atoms with E-state index in [0.29, 0.717) is 28.1 Å². The van der Waals surface area contributed by atoms with Crippen molar-refractivity contribution in [2.24, 2.45) is 0 Å². The zero-order valence-electron chi connectivity index (χ0n) is 11.6. The highest BCUT2D eigenvalue weighted by molar-refractivity contribution is 6.42. The minimum atomic E-state index is 0.364. The number of hydrogen-bond donors (Lipinski definition) is 1. The van der Waals surface area contributed by atoms with Crippen LogP contribution in [0.5, 0.6) is 0 Å². The molecule has 1 aliphatic rings. The second-order valence-corrected chi connectivity index (χ2v) is 6.42. The fraction of sp³-hybridized carbons (Fsp3) is 0.500. The minimum Gasteiger partial charge on any atom is -0.369 e. The number of nitrogens with two attached hydrogens (primary N) is 1. The fourth-order valence-corrected chi connectivity index (χ4v) is 3.31. The lowest BCUT2D eigenvalue weighted by Crippen LogP contribution is -2.38. The van der Waals surface area contributed by atoms with Crippen LogP contribution in [0.3, 0.4) is 0 Å². The average Bonchev–Trinajstić information content (AvgIpc) is 2.69. The van der Waals surface area contributed by atoms with Crippen LogP contribution in [0.25, 0.3) is 11.0 Å². The molecule has 0 bridgehead atoms. The number of hydrogen-bond acceptors (Lipinski definition) is 3. The topological polar surface area (TPSA) is 47.1 Å². The van der Waals surface area contributed by atoms with Crippen LogP contribution in [0.15, 0.2) is 12.1 Å². The molecule has 4 nitrogen and oxygen atoms in total. The van der Waals surface area contributed by atoms with Crippen molar-refractivity contribution < 1.29 is 0 Å². The first-order chi connectivity index (χ1) is 9.47. The lowest BCUT2D eigenvalue weighted by atomic mass is 9.98. The highest BCUT2D eigenvalue weighted by Crippen LogP contribution is 2.35. The van der Waals surface area contributed by atoms with E-state index in [9.17, 15) is 0 Å². The van der Waals surface area contributed by atoms with Gasteiger partial charge in [0.25, 0.3) is 0 Å². The summed E-state index contributed by atoms with van der Waals surface area (Å²) in [4.78, 5) is 6.79. The highest BCUT2D eigenvalue weighted by Gasteiger charge is 2.26. The standard InChI is InChI=1S/C14H18Cl2N4/c1-8-5-9(3-4-19(8)2)20-13-7-11(16)10(15)6-12(13)18-14(20)17/h6-9H,3-5H2,1-2H3,(H2,17,18). The van der Waals surface area contributed by atoms with Gasteiger partial charge in [0, 0.05) is 18.6 Å². The summed E-state index contributed by atoms with van der Waals surface area (Å²) in [5.41, 5.74) is 7.90. The predicted molar refractivity (Wildman–Crippen MR) is 84.5 cm³/mol. The van der Waals surface area contributed by atoms with Crippen LogP contribution in [0, 0.1) is 0 Å². The molecule has 2 aromatic rings. The van der Waals surface area contributed by atoms with E-state index in [1.54, 1.807) is 6.07 Å². The monoisotopic (exact) mass is 312 g/mol. The van der Waals surface area contributed by atoms with Crippen LogP contribution in [0.2, 0.25) is 10.0 Å². The van der Waals surface area contributed by atoms with Gasteiger partial charge in [-0.05, 0) is 38.9 Å². The Hall–Kier alpha value is -0.970. The maximum Gasteiger partial charge on any atom is 0.201 e. The van der Waals surface area contributed by atoms with Gasteiger partial charge in [0.1, 0.15) is 0 Å². The van der Waals surface area contributed by atoms with Gasteiger partial charge in [0.05, 0.1) is 21.1 Å². The molecule has 6 heteroatoms. The molecule has 108 valence electrons. The first-order valence-electron chi connectivity index (χ1n) is 6.80. The van der Waals surface area contributed by atoms with Gasteiger partial charge >= 0.3 is 0 Å². The molecule has 0 spiro atoms. The van der Waals surface area contributed by atoms with E-state index in [0.717, 1.165) is 30.4 Å². The number of benzene rings is 1. The summed E-state index contributed by atoms with van der Waals surface area (Å²) in [6, 6.07) is 4.55. The third-order valence-corrected chi connectivity index (χ3v) is 5.03. The van der Waals surface area contributed by atoms with E-state index in [4.69, 9.17) is 28.9 Å². The second kappa shape index (κ2) is 5.10. The first kappa shape index (κ1) is 14.0. The van der Waals surface area contributed by atoms with E-state index < -0.39 is 0 Å². The van der Waals surface area contributed by atoms with Crippen molar-refractivity contribution in [3.63, 3.8) is 0 Å². The van der Waals surface area contributed by atoms with Crippen LogP contribution in [0.1, 0.15) is 25.8 Å². The van der Waals surface area contributed by atoms with Gasteiger partial charge in [-0.3, -0.25) is 0 Å². The second-order valence-electron chi connectivity index (χ2n) is 5.60. The largest absolute Gasteiger partial charge is 0.369 e. The molecule has 2 atom stereocenters. The van der Waals surface area contributed by atoms with Crippen LogP contribution < -0.4 is 5.73 Å². The Kier molecular flexibility index (Phi) is 3.56. The van der Waals surface area contributed by atoms with E-state index >= 15 is 0 Å². The summed E-state index contributed by atoms with van der Waals surface area (Å²) < 4.78 is 2.11. The zero-order valence-corrected chi connectivity index (χ0v) is 13.1. The Balaban J connectivity index is 2.07. The maximum absolute atomic E-state index is 6.14. The lowest BCUT2D eigenvalue weighted by Gasteiger charge is -2.36. The van der Waals surface area contributed by atoms with Crippen molar-refractivity contribution in [1.29, 1.82) is 0 Å². The molecule has 1 aromatic heterocycles. The Bertz CT molecular complexity index is 652. The number of aromatic nitrogens is 2. The van der Waals surface area contributed by atoms with Crippen molar-refractivity contribution in [2.75, 3.05) is 19.3 Å². The predicted octanol–water partition coefficient (Wildman–Crippen LogP) is 3.58. The van der Waals surface area contributed by atoms with Crippen molar-refractivity contribution in [1.82, 2.24) is 14.5 Å². The Morgan fingerprint density at radius 1 is 1.30 bits per heavy atom. The van der Waals surface area contributed by atoms with E-state index in [2.05, 4.69) is 28.4 Å². The average molecular weight is 313 g/mol. The maximum atomic E-state index is 6.14. The summed E-state index contributed by atoms with van der Waals surface area (Å²) in [7, 11) is 2.16. The van der Waals surface area contributed by atoms with Crippen LogP contribution in [0.4, 0.5) is 5.95 Å². The summed E-state index contributed by atoms with van der Waals surface area (Å²) in [6.45, 7) is 3.30. The number of piperidine rings is 1. The van der Waals surface area contributed by atoms with E-state index in [1.807, 2.05) is 6.07 Å². The molecule has 1 saturated heterocycles. The molecule has 1 aliphatic heterocycles. The van der Waals surface area contributed by atoms with Crippen LogP contribution in [-0.2, 0) is 0 Å². The molecule has 0 radical (unpaired) electrons. The number of nitrogens with zero attached hydrogens (tertiary/aromatic N) is 3. The Morgan fingerprint density at radius 3 is 2.70 bits per heavy atom. The van der Waals surface area contributed by atoms with Gasteiger partial charge in [-0.1, -0.05) is 23.2 Å². The van der Waals surface area contributed by atoms with E-state index in [1.165, 1.54) is 0 Å². The summed E-state index contributed by atoms with van der Waals surface area (Å²) in [6.07, 6.45) is 2.13. The minimum absolute atomic E-state index is 0.364. The van der Waals surface area contributed by atoms with E-state index in [-0.39, 0.29) is 0 Å². The van der Waals surface area contributed by atoms with Crippen molar-refractivity contribution in [3.8, 4) is 0 Å². The molecule has 2 N–H and O–H groups in total. The summed E-state index contributed by atoms with van der Waals surface area (Å²) >= 11 is 12.2. The first-order valence-corrected chi connectivity index (χ1v) is 7.55. The normalized spacial score (nSPS) is 24.4. The third kappa shape index (κ3) is 2.26. The highest BCUT2D eigenvalue weighted by atomic mass is 35.5. The van der Waals surface area contributed by atoms with Crippen LogP contribution in [-0.4, -0.2) is 34.1 Å². The molecular formula is C14H18Cl2N4. The van der Waals surface area contributed by atoms with Crippen molar-refractivity contribution >= 4 is 40.2 Å².